The number of nitrogens with zero attached hydrogens (tertiary/aromatic N) is 4. The first-order valence-electron chi connectivity index (χ1n) is 18.1. The predicted molar refractivity (Wildman–Crippen MR) is 206 cm³/mol. The second-order valence-electron chi connectivity index (χ2n) is 14.3. The first kappa shape index (κ1) is 36.6. The van der Waals surface area contributed by atoms with Crippen molar-refractivity contribution in [3.8, 4) is 22.6 Å². The molecule has 0 atom stereocenters. The van der Waals surface area contributed by atoms with Gasteiger partial charge < -0.3 is 4.74 Å². The third-order valence-electron chi connectivity index (χ3n) is 11.0. The third kappa shape index (κ3) is 5.02. The second kappa shape index (κ2) is 12.6. The lowest BCUT2D eigenvalue weighted by atomic mass is 9.34. The number of alkyl halides is 8. The fraction of sp³-hybridized carbons (Fsp3) is 0.0909. The maximum Gasteiger partial charge on any atom is 0.383 e. The van der Waals surface area contributed by atoms with Gasteiger partial charge in [0.2, 0.25) is 0 Å². The molecule has 2 aliphatic heterocycles. The Labute approximate surface area is 330 Å². The zero-order valence-electron chi connectivity index (χ0n) is 30.0. The molecule has 15 heteroatoms. The molecule has 0 saturated carbocycles. The van der Waals surface area contributed by atoms with Crippen LogP contribution in [0.3, 0.4) is 0 Å². The van der Waals surface area contributed by atoms with Crippen LogP contribution in [0.5, 0.6) is 11.5 Å². The highest BCUT2D eigenvalue weighted by Crippen LogP contribution is 2.67. The summed E-state index contributed by atoms with van der Waals surface area (Å²) in [6.07, 6.45) is 2.96. The molecule has 10 rings (SSSR count). The topological polar surface area (TPSA) is 41.5 Å². The second-order valence-corrected chi connectivity index (χ2v) is 14.3. The van der Waals surface area contributed by atoms with Gasteiger partial charge in [-0.05, 0) is 70.6 Å². The van der Waals surface area contributed by atoms with Crippen LogP contribution in [0.15, 0.2) is 146 Å². The van der Waals surface area contributed by atoms with Crippen LogP contribution in [-0.4, -0.2) is 28.5 Å². The van der Waals surface area contributed by atoms with E-state index in [4.69, 9.17) is 9.72 Å². The quantitative estimate of drug-likeness (QED) is 0.128. The summed E-state index contributed by atoms with van der Waals surface area (Å²) in [5.74, 6) is -26.8. The number of fused-ring (bicyclic) bond motifs is 5. The van der Waals surface area contributed by atoms with E-state index in [1.54, 1.807) is 120 Å². The molecule has 0 fully saturated rings. The SMILES string of the molecule is Fc1ccc2c(c1N1c3ccc(-c4ccccc4)cc3B3c4ccncc4Oc4cc(N(c5ccccc5)c5ccccc5)nc1c43)C(F)(F)C(F)(F)C(F)(F)C2(F)F. The maximum absolute atomic E-state index is 16.7. The highest BCUT2D eigenvalue weighted by atomic mass is 19.4. The molecule has 3 aliphatic rings. The summed E-state index contributed by atoms with van der Waals surface area (Å²) in [4.78, 5) is 11.6. The van der Waals surface area contributed by atoms with Gasteiger partial charge >= 0.3 is 23.7 Å². The molecule has 0 radical (unpaired) electrons. The van der Waals surface area contributed by atoms with Gasteiger partial charge in [0.25, 0.3) is 6.71 Å². The summed E-state index contributed by atoms with van der Waals surface area (Å²) in [6, 6.07) is 34.6. The van der Waals surface area contributed by atoms with Crippen molar-refractivity contribution >= 4 is 57.5 Å². The van der Waals surface area contributed by atoms with E-state index in [0.717, 1.165) is 4.90 Å². The normalized spacial score (nSPS) is 17.2. The molecule has 4 heterocycles. The molecule has 0 N–H and O–H groups in total. The highest BCUT2D eigenvalue weighted by Gasteiger charge is 2.86. The largest absolute Gasteiger partial charge is 0.457 e. The molecule has 5 aromatic carbocycles. The molecule has 292 valence electrons. The third-order valence-corrected chi connectivity index (χ3v) is 11.0. The Morgan fingerprint density at radius 1 is 0.610 bits per heavy atom. The average Bonchev–Trinajstić information content (AvgIpc) is 3.24. The molecule has 0 unspecified atom stereocenters. The summed E-state index contributed by atoms with van der Waals surface area (Å²) in [7, 11) is 0. The molecule has 7 aromatic rings. The summed E-state index contributed by atoms with van der Waals surface area (Å²) in [5.41, 5.74) is -2.78. The minimum Gasteiger partial charge on any atom is -0.457 e. The number of benzene rings is 5. The average molecular weight is 806 g/mol. The van der Waals surface area contributed by atoms with E-state index < -0.39 is 53.0 Å². The lowest BCUT2D eigenvalue weighted by Crippen LogP contribution is -2.64. The van der Waals surface area contributed by atoms with Crippen molar-refractivity contribution in [2.75, 3.05) is 9.80 Å². The van der Waals surface area contributed by atoms with Crippen molar-refractivity contribution in [3.63, 3.8) is 0 Å². The van der Waals surface area contributed by atoms with Crippen LogP contribution in [0.2, 0.25) is 0 Å². The maximum atomic E-state index is 16.7. The number of hydrogen-bond acceptors (Lipinski definition) is 5. The summed E-state index contributed by atoms with van der Waals surface area (Å²) < 4.78 is 148. The summed E-state index contributed by atoms with van der Waals surface area (Å²) in [6.45, 7) is -0.861. The van der Waals surface area contributed by atoms with E-state index >= 15 is 30.7 Å². The fourth-order valence-electron chi connectivity index (χ4n) is 8.25. The van der Waals surface area contributed by atoms with Gasteiger partial charge in [0, 0.05) is 40.4 Å². The molecule has 2 aromatic heterocycles. The Morgan fingerprint density at radius 2 is 1.24 bits per heavy atom. The molecular formula is C44H24BF9N4O. The van der Waals surface area contributed by atoms with Gasteiger partial charge in [-0.3, -0.25) is 14.8 Å². The number of aromatic nitrogens is 2. The van der Waals surface area contributed by atoms with Crippen LogP contribution in [0, 0.1) is 5.82 Å². The lowest BCUT2D eigenvalue weighted by Gasteiger charge is -2.45. The van der Waals surface area contributed by atoms with E-state index in [-0.39, 0.29) is 46.1 Å². The van der Waals surface area contributed by atoms with Gasteiger partial charge in [0.15, 0.2) is 0 Å². The van der Waals surface area contributed by atoms with Gasteiger partial charge in [-0.15, -0.1) is 0 Å². The van der Waals surface area contributed by atoms with Crippen LogP contribution in [0.1, 0.15) is 11.1 Å². The van der Waals surface area contributed by atoms with Gasteiger partial charge in [0.05, 0.1) is 17.4 Å². The van der Waals surface area contributed by atoms with Crippen molar-refractivity contribution in [1.29, 1.82) is 0 Å². The zero-order chi connectivity index (χ0) is 41.1. The standard InChI is InChI=1S/C44H24BF9N4O/c46-32-18-17-29-37(42(49,50)44(53,54)43(51,52)41(29,47)48)39(32)58-33-19-16-26(25-10-4-1-5-11-25)22-31(33)45-30-20-21-55-24-35(30)59-34-23-36(56-40(58)38(34)45)57(27-12-6-2-7-13-27)28-14-8-3-9-15-28/h1-24H. The minimum atomic E-state index is -6.67. The number of halogens is 9. The van der Waals surface area contributed by atoms with E-state index in [1.165, 1.54) is 18.5 Å². The number of ether oxygens (including phenoxy) is 1. The number of pyridine rings is 2. The highest BCUT2D eigenvalue weighted by molar-refractivity contribution is 6.99. The van der Waals surface area contributed by atoms with Gasteiger partial charge in [-0.1, -0.05) is 78.9 Å². The molecule has 0 spiro atoms. The smallest absolute Gasteiger partial charge is 0.383 e. The first-order valence-corrected chi connectivity index (χ1v) is 18.1. The molecular weight excluding hydrogens is 782 g/mol. The number of hydrogen-bond donors (Lipinski definition) is 0. The Balaban J connectivity index is 1.34. The van der Waals surface area contributed by atoms with E-state index in [1.807, 2.05) is 0 Å². The Morgan fingerprint density at radius 3 is 1.90 bits per heavy atom. The Hall–Kier alpha value is -6.77. The van der Waals surface area contributed by atoms with Crippen molar-refractivity contribution in [1.82, 2.24) is 9.97 Å². The van der Waals surface area contributed by atoms with Crippen molar-refractivity contribution in [2.45, 2.75) is 23.7 Å². The summed E-state index contributed by atoms with van der Waals surface area (Å²) >= 11 is 0. The number of rotatable bonds is 5. The zero-order valence-corrected chi connectivity index (χ0v) is 30.0. The molecule has 0 bridgehead atoms. The number of para-hydroxylation sites is 2. The Bertz CT molecular complexity index is 2770. The molecule has 0 saturated heterocycles. The molecule has 0 amide bonds. The minimum absolute atomic E-state index is 0.00436. The monoisotopic (exact) mass is 806 g/mol. The van der Waals surface area contributed by atoms with E-state index in [2.05, 4.69) is 4.98 Å². The number of anilines is 6. The van der Waals surface area contributed by atoms with E-state index in [0.29, 0.717) is 33.7 Å². The van der Waals surface area contributed by atoms with Crippen LogP contribution >= 0.6 is 0 Å². The molecule has 1 aliphatic carbocycles. The van der Waals surface area contributed by atoms with Crippen molar-refractivity contribution in [3.05, 3.63) is 163 Å². The predicted octanol–water partition coefficient (Wildman–Crippen LogP) is 10.6. The molecule has 5 nitrogen and oxygen atoms in total. The lowest BCUT2D eigenvalue weighted by molar-refractivity contribution is -0.386. The van der Waals surface area contributed by atoms with E-state index in [9.17, 15) is 8.78 Å². The first-order chi connectivity index (χ1) is 28.2. The fourth-order valence-corrected chi connectivity index (χ4v) is 8.25. The van der Waals surface area contributed by atoms with Crippen LogP contribution in [0.25, 0.3) is 11.1 Å². The van der Waals surface area contributed by atoms with Crippen LogP contribution in [0.4, 0.5) is 73.9 Å². The van der Waals surface area contributed by atoms with Crippen molar-refractivity contribution in [2.24, 2.45) is 0 Å². The van der Waals surface area contributed by atoms with Gasteiger partial charge in [-0.25, -0.2) is 9.37 Å². The van der Waals surface area contributed by atoms with Crippen LogP contribution < -0.4 is 30.9 Å². The van der Waals surface area contributed by atoms with Crippen LogP contribution in [-0.2, 0) is 11.8 Å². The van der Waals surface area contributed by atoms with Gasteiger partial charge in [0.1, 0.15) is 29.0 Å². The van der Waals surface area contributed by atoms with Crippen molar-refractivity contribution < 1.29 is 44.3 Å². The molecule has 59 heavy (non-hydrogen) atoms. The van der Waals surface area contributed by atoms with Gasteiger partial charge in [-0.2, -0.15) is 35.1 Å². The Kier molecular flexibility index (Phi) is 7.82. The summed E-state index contributed by atoms with van der Waals surface area (Å²) in [5, 5.41) is 0.